The zero-order chi connectivity index (χ0) is 13.0. The first kappa shape index (κ1) is 12.6. The summed E-state index contributed by atoms with van der Waals surface area (Å²) in [6.07, 6.45) is 0. The Morgan fingerprint density at radius 3 is 2.72 bits per heavy atom. The molecule has 0 amide bonds. The molecule has 0 aliphatic carbocycles. The molecule has 0 unspecified atom stereocenters. The van der Waals surface area contributed by atoms with Crippen LogP contribution in [0.4, 0.5) is 5.00 Å². The van der Waals surface area contributed by atoms with Gasteiger partial charge in [0, 0.05) is 11.1 Å². The van der Waals surface area contributed by atoms with Crippen molar-refractivity contribution in [1.29, 1.82) is 5.26 Å². The van der Waals surface area contributed by atoms with Gasteiger partial charge in [-0.1, -0.05) is 41.7 Å². The Hall–Kier alpha value is -1.84. The minimum atomic E-state index is -0.432. The first-order chi connectivity index (χ1) is 8.72. The van der Waals surface area contributed by atoms with Crippen LogP contribution in [0.3, 0.4) is 0 Å². The van der Waals surface area contributed by atoms with Crippen LogP contribution in [-0.2, 0) is 5.75 Å². The molecule has 0 radical (unpaired) electrons. The van der Waals surface area contributed by atoms with Crippen LogP contribution in [0.2, 0.25) is 0 Å². The molecule has 0 bridgehead atoms. The third-order valence-electron chi connectivity index (χ3n) is 2.24. The second-order valence-corrected chi connectivity index (χ2v) is 5.27. The summed E-state index contributed by atoms with van der Waals surface area (Å²) >= 11 is 2.33. The van der Waals surface area contributed by atoms with Gasteiger partial charge in [0.25, 0.3) is 0 Å². The summed E-state index contributed by atoms with van der Waals surface area (Å²) in [6.45, 7) is 0. The maximum Gasteiger partial charge on any atom is 0.338 e. The van der Waals surface area contributed by atoms with E-state index >= 15 is 0 Å². The van der Waals surface area contributed by atoms with E-state index in [1.54, 1.807) is 0 Å². The van der Waals surface area contributed by atoms with Gasteiger partial charge in [0.2, 0.25) is 0 Å². The lowest BCUT2D eigenvalue weighted by molar-refractivity contribution is -0.382. The zero-order valence-electron chi connectivity index (χ0n) is 9.20. The van der Waals surface area contributed by atoms with Crippen molar-refractivity contribution >= 4 is 28.1 Å². The van der Waals surface area contributed by atoms with Crippen LogP contribution in [0.1, 0.15) is 11.1 Å². The Bertz CT molecular complexity index is 602. The van der Waals surface area contributed by atoms with E-state index in [2.05, 4.69) is 0 Å². The highest BCUT2D eigenvalue weighted by molar-refractivity contribution is 7.98. The van der Waals surface area contributed by atoms with E-state index in [9.17, 15) is 10.1 Å². The molecule has 0 atom stereocenters. The molecule has 1 aromatic carbocycles. The lowest BCUT2D eigenvalue weighted by Gasteiger charge is -2.00. The van der Waals surface area contributed by atoms with Crippen LogP contribution in [0.5, 0.6) is 0 Å². The molecule has 0 N–H and O–H groups in total. The van der Waals surface area contributed by atoms with E-state index in [0.29, 0.717) is 16.2 Å². The number of nitrogens with zero attached hydrogens (tertiary/aromatic N) is 2. The van der Waals surface area contributed by atoms with E-state index in [1.165, 1.54) is 17.1 Å². The van der Waals surface area contributed by atoms with Crippen molar-refractivity contribution in [3.8, 4) is 6.07 Å². The first-order valence-electron chi connectivity index (χ1n) is 5.05. The summed E-state index contributed by atoms with van der Waals surface area (Å²) < 4.78 is 0. The van der Waals surface area contributed by atoms with Gasteiger partial charge >= 0.3 is 5.00 Å². The second kappa shape index (κ2) is 5.67. The SMILES string of the molecule is N#Cc1csc([N+](=O)[O-])c1SCc1ccccc1. The number of thioether (sulfide) groups is 1. The molecule has 1 aromatic heterocycles. The smallest absolute Gasteiger partial charge is 0.258 e. The monoisotopic (exact) mass is 276 g/mol. The van der Waals surface area contributed by atoms with Gasteiger partial charge in [0.05, 0.1) is 10.5 Å². The second-order valence-electron chi connectivity index (χ2n) is 3.43. The minimum absolute atomic E-state index is 0.0486. The summed E-state index contributed by atoms with van der Waals surface area (Å²) in [4.78, 5) is 10.9. The van der Waals surface area contributed by atoms with Gasteiger partial charge in [0.15, 0.2) is 0 Å². The van der Waals surface area contributed by atoms with Crippen LogP contribution < -0.4 is 0 Å². The number of nitriles is 1. The molecular weight excluding hydrogens is 268 g/mol. The van der Waals surface area contributed by atoms with Gasteiger partial charge in [0.1, 0.15) is 11.0 Å². The highest BCUT2D eigenvalue weighted by Crippen LogP contribution is 2.39. The number of hydrogen-bond acceptors (Lipinski definition) is 5. The van der Waals surface area contributed by atoms with Crippen molar-refractivity contribution in [1.82, 2.24) is 0 Å². The van der Waals surface area contributed by atoms with Gasteiger partial charge in [-0.15, -0.1) is 11.8 Å². The van der Waals surface area contributed by atoms with E-state index in [1.807, 2.05) is 36.4 Å². The largest absolute Gasteiger partial charge is 0.338 e. The predicted octanol–water partition coefficient (Wildman–Crippen LogP) is 3.82. The van der Waals surface area contributed by atoms with Crippen molar-refractivity contribution in [2.75, 3.05) is 0 Å². The van der Waals surface area contributed by atoms with Crippen molar-refractivity contribution in [2.24, 2.45) is 0 Å². The van der Waals surface area contributed by atoms with Gasteiger partial charge in [-0.25, -0.2) is 0 Å². The quantitative estimate of drug-likeness (QED) is 0.483. The van der Waals surface area contributed by atoms with E-state index in [4.69, 9.17) is 5.26 Å². The molecule has 2 aromatic rings. The van der Waals surface area contributed by atoms with Crippen molar-refractivity contribution in [3.05, 3.63) is 57.0 Å². The number of benzene rings is 1. The molecule has 0 saturated carbocycles. The topological polar surface area (TPSA) is 66.9 Å². The molecule has 0 saturated heterocycles. The summed E-state index contributed by atoms with van der Waals surface area (Å²) in [5.41, 5.74) is 1.46. The lowest BCUT2D eigenvalue weighted by atomic mass is 10.2. The van der Waals surface area contributed by atoms with Crippen molar-refractivity contribution < 1.29 is 4.92 Å². The molecule has 90 valence electrons. The highest BCUT2D eigenvalue weighted by Gasteiger charge is 2.21. The third kappa shape index (κ3) is 2.70. The van der Waals surface area contributed by atoms with E-state index in [0.717, 1.165) is 16.9 Å². The number of thiophene rings is 1. The summed E-state index contributed by atoms with van der Waals surface area (Å²) in [5, 5.41) is 21.4. The van der Waals surface area contributed by atoms with Gasteiger partial charge in [-0.05, 0) is 5.56 Å². The fourth-order valence-electron chi connectivity index (χ4n) is 1.41. The molecule has 6 heteroatoms. The Morgan fingerprint density at radius 2 is 2.11 bits per heavy atom. The lowest BCUT2D eigenvalue weighted by Crippen LogP contribution is -1.88. The maximum atomic E-state index is 10.9. The number of rotatable bonds is 4. The molecule has 4 nitrogen and oxygen atoms in total. The average Bonchev–Trinajstić information content (AvgIpc) is 2.80. The molecule has 1 heterocycles. The Kier molecular flexibility index (Phi) is 3.97. The highest BCUT2D eigenvalue weighted by atomic mass is 32.2. The summed E-state index contributed by atoms with van der Waals surface area (Å²) in [6, 6.07) is 11.7. The summed E-state index contributed by atoms with van der Waals surface area (Å²) in [7, 11) is 0. The van der Waals surface area contributed by atoms with Crippen LogP contribution in [0, 0.1) is 21.4 Å². The fraction of sp³-hybridized carbons (Fsp3) is 0.0833. The molecule has 18 heavy (non-hydrogen) atoms. The van der Waals surface area contributed by atoms with E-state index < -0.39 is 4.92 Å². The Balaban J connectivity index is 2.21. The molecule has 2 rings (SSSR count). The van der Waals surface area contributed by atoms with Crippen LogP contribution >= 0.6 is 23.1 Å². The van der Waals surface area contributed by atoms with Crippen LogP contribution in [-0.4, -0.2) is 4.92 Å². The molecule has 0 spiro atoms. The van der Waals surface area contributed by atoms with Gasteiger partial charge in [-0.3, -0.25) is 10.1 Å². The predicted molar refractivity (Wildman–Crippen MR) is 71.7 cm³/mol. The standard InChI is InChI=1S/C12H8N2O2S2/c13-6-10-8-18-12(14(15)16)11(10)17-7-9-4-2-1-3-5-9/h1-5,8H,7H2. The van der Waals surface area contributed by atoms with Crippen LogP contribution in [0.25, 0.3) is 0 Å². The van der Waals surface area contributed by atoms with E-state index in [-0.39, 0.29) is 5.00 Å². The fourth-order valence-corrected chi connectivity index (χ4v) is 3.47. The van der Waals surface area contributed by atoms with Crippen molar-refractivity contribution in [3.63, 3.8) is 0 Å². The first-order valence-corrected chi connectivity index (χ1v) is 6.91. The number of hydrogen-bond donors (Lipinski definition) is 0. The summed E-state index contributed by atoms with van der Waals surface area (Å²) in [5.74, 6) is 0.618. The van der Waals surface area contributed by atoms with Crippen LogP contribution in [0.15, 0.2) is 40.6 Å². The molecule has 0 aliphatic rings. The maximum absolute atomic E-state index is 10.9. The van der Waals surface area contributed by atoms with Gasteiger partial charge < -0.3 is 0 Å². The zero-order valence-corrected chi connectivity index (χ0v) is 10.8. The Morgan fingerprint density at radius 1 is 1.39 bits per heavy atom. The molecule has 0 fully saturated rings. The average molecular weight is 276 g/mol. The Labute approximate surface area is 112 Å². The van der Waals surface area contributed by atoms with Gasteiger partial charge in [-0.2, -0.15) is 5.26 Å². The minimum Gasteiger partial charge on any atom is -0.258 e. The normalized spacial score (nSPS) is 9.94. The number of nitro groups is 1. The third-order valence-corrected chi connectivity index (χ3v) is 4.48. The van der Waals surface area contributed by atoms with Crippen molar-refractivity contribution in [2.45, 2.75) is 10.6 Å². The molecule has 0 aliphatic heterocycles. The molecular formula is C12H8N2O2S2.